The molecule has 114 valence electrons. The molecule has 0 aliphatic rings. The lowest BCUT2D eigenvalue weighted by atomic mass is 10.0. The van der Waals surface area contributed by atoms with E-state index in [1.165, 1.54) is 0 Å². The van der Waals surface area contributed by atoms with E-state index >= 15 is 0 Å². The highest BCUT2D eigenvalue weighted by molar-refractivity contribution is 5.16. The lowest BCUT2D eigenvalue weighted by Gasteiger charge is -2.19. The van der Waals surface area contributed by atoms with Gasteiger partial charge in [-0.05, 0) is 18.9 Å². The molecule has 2 atom stereocenters. The number of nitrogens with two attached hydrogens (primary N) is 1. The summed E-state index contributed by atoms with van der Waals surface area (Å²) in [5.74, 6) is 0. The van der Waals surface area contributed by atoms with Crippen molar-refractivity contribution in [1.82, 2.24) is 15.1 Å². The molecule has 5 nitrogen and oxygen atoms in total. The van der Waals surface area contributed by atoms with E-state index in [-0.39, 0.29) is 6.04 Å². The quantitative estimate of drug-likeness (QED) is 0.675. The van der Waals surface area contributed by atoms with Crippen molar-refractivity contribution in [2.24, 2.45) is 5.73 Å². The number of aliphatic hydroxyl groups excluding tert-OH is 1. The van der Waals surface area contributed by atoms with Crippen LogP contribution < -0.4 is 11.1 Å². The van der Waals surface area contributed by atoms with Crippen molar-refractivity contribution >= 4 is 0 Å². The fraction of sp³-hybridized carbons (Fsp3) is 0.438. The monoisotopic (exact) mass is 288 g/mol. The largest absolute Gasteiger partial charge is 0.390 e. The molecule has 21 heavy (non-hydrogen) atoms. The summed E-state index contributed by atoms with van der Waals surface area (Å²) in [7, 11) is 0. The minimum Gasteiger partial charge on any atom is -0.390 e. The molecule has 0 aliphatic heterocycles. The van der Waals surface area contributed by atoms with Gasteiger partial charge in [0.05, 0.1) is 12.3 Å². The molecule has 5 heteroatoms. The van der Waals surface area contributed by atoms with Crippen LogP contribution >= 0.6 is 0 Å². The second kappa shape index (κ2) is 7.93. The van der Waals surface area contributed by atoms with Crippen LogP contribution in [0.3, 0.4) is 0 Å². The van der Waals surface area contributed by atoms with Gasteiger partial charge in [0.15, 0.2) is 0 Å². The first-order chi connectivity index (χ1) is 10.2. The van der Waals surface area contributed by atoms with Crippen LogP contribution in [0.2, 0.25) is 0 Å². The molecule has 1 heterocycles. The summed E-state index contributed by atoms with van der Waals surface area (Å²) in [5.41, 5.74) is 8.31. The molecular formula is C16H24N4O. The lowest BCUT2D eigenvalue weighted by molar-refractivity contribution is 0.141. The van der Waals surface area contributed by atoms with Gasteiger partial charge in [0, 0.05) is 37.4 Å². The summed E-state index contributed by atoms with van der Waals surface area (Å²) < 4.78 is 1.88. The van der Waals surface area contributed by atoms with Crippen LogP contribution in [0.25, 0.3) is 0 Å². The van der Waals surface area contributed by atoms with E-state index in [1.54, 1.807) is 0 Å². The van der Waals surface area contributed by atoms with E-state index < -0.39 is 6.10 Å². The Morgan fingerprint density at radius 3 is 2.71 bits per heavy atom. The van der Waals surface area contributed by atoms with Crippen LogP contribution in [0.5, 0.6) is 0 Å². The number of rotatable bonds is 8. The normalized spacial score (nSPS) is 14.0. The Kier molecular flexibility index (Phi) is 5.92. The van der Waals surface area contributed by atoms with Crippen LogP contribution in [-0.4, -0.2) is 33.6 Å². The Labute approximate surface area is 125 Å². The maximum atomic E-state index is 10.1. The fourth-order valence-corrected chi connectivity index (χ4v) is 2.21. The van der Waals surface area contributed by atoms with Crippen LogP contribution in [-0.2, 0) is 19.5 Å². The van der Waals surface area contributed by atoms with Crippen molar-refractivity contribution in [2.45, 2.75) is 38.6 Å². The zero-order valence-electron chi connectivity index (χ0n) is 12.4. The predicted molar refractivity (Wildman–Crippen MR) is 83.7 cm³/mol. The third kappa shape index (κ3) is 4.97. The molecule has 0 fully saturated rings. The zero-order chi connectivity index (χ0) is 15.1. The summed E-state index contributed by atoms with van der Waals surface area (Å²) in [6, 6.07) is 9.73. The molecule has 0 radical (unpaired) electrons. The first-order valence-electron chi connectivity index (χ1n) is 7.38. The van der Waals surface area contributed by atoms with Crippen molar-refractivity contribution in [3.63, 3.8) is 0 Å². The number of aromatic nitrogens is 2. The van der Waals surface area contributed by atoms with Crippen LogP contribution in [0, 0.1) is 0 Å². The number of aryl methyl sites for hydroxylation is 1. The molecule has 0 saturated heterocycles. The molecule has 4 N–H and O–H groups in total. The molecular weight excluding hydrogens is 264 g/mol. The number of nitrogens with zero attached hydrogens (tertiary/aromatic N) is 2. The number of benzene rings is 1. The number of hydrogen-bond donors (Lipinski definition) is 3. The maximum Gasteiger partial charge on any atom is 0.0818 e. The Morgan fingerprint density at radius 2 is 2.05 bits per heavy atom. The van der Waals surface area contributed by atoms with Gasteiger partial charge in [0.2, 0.25) is 0 Å². The summed E-state index contributed by atoms with van der Waals surface area (Å²) in [6.45, 7) is 4.08. The minimum atomic E-state index is -0.563. The van der Waals surface area contributed by atoms with Crippen molar-refractivity contribution in [2.75, 3.05) is 6.54 Å². The molecule has 1 aromatic carbocycles. The van der Waals surface area contributed by atoms with Crippen LogP contribution in [0.4, 0.5) is 0 Å². The number of hydrogen-bond acceptors (Lipinski definition) is 4. The minimum absolute atomic E-state index is 0.265. The first-order valence-corrected chi connectivity index (χ1v) is 7.38. The highest BCUT2D eigenvalue weighted by Crippen LogP contribution is 2.04. The lowest BCUT2D eigenvalue weighted by Crippen LogP contribution is -2.42. The van der Waals surface area contributed by atoms with Gasteiger partial charge in [0.25, 0.3) is 0 Å². The van der Waals surface area contributed by atoms with E-state index in [4.69, 9.17) is 5.73 Å². The topological polar surface area (TPSA) is 76.1 Å². The van der Waals surface area contributed by atoms with Crippen molar-refractivity contribution in [3.05, 3.63) is 53.9 Å². The van der Waals surface area contributed by atoms with E-state index in [9.17, 15) is 5.11 Å². The Hall–Kier alpha value is -1.69. The summed E-state index contributed by atoms with van der Waals surface area (Å²) in [4.78, 5) is 0. The van der Waals surface area contributed by atoms with Crippen molar-refractivity contribution < 1.29 is 5.11 Å². The van der Waals surface area contributed by atoms with Gasteiger partial charge >= 0.3 is 0 Å². The SMILES string of the molecule is CCn1cc(CNC[C@@H](O)[C@@H](N)Cc2ccccc2)cn1. The molecule has 2 rings (SSSR count). The molecule has 1 aromatic heterocycles. The molecule has 0 amide bonds. The second-order valence-corrected chi connectivity index (χ2v) is 5.26. The first kappa shape index (κ1) is 15.7. The standard InChI is InChI=1S/C16H24N4O/c1-2-20-12-14(10-19-20)9-18-11-16(21)15(17)8-13-6-4-3-5-7-13/h3-7,10,12,15-16,18,21H,2,8-9,11,17H2,1H3/t15-,16+/m0/s1. The molecule has 0 aliphatic carbocycles. The van der Waals surface area contributed by atoms with Gasteiger partial charge in [-0.25, -0.2) is 0 Å². The molecule has 0 bridgehead atoms. The second-order valence-electron chi connectivity index (χ2n) is 5.26. The molecule has 0 saturated carbocycles. The maximum absolute atomic E-state index is 10.1. The average Bonchev–Trinajstić information content (AvgIpc) is 2.96. The zero-order valence-corrected chi connectivity index (χ0v) is 12.4. The number of nitrogens with one attached hydrogen (secondary N) is 1. The summed E-state index contributed by atoms with van der Waals surface area (Å²) in [5, 5.41) is 17.5. The highest BCUT2D eigenvalue weighted by Gasteiger charge is 2.14. The molecule has 2 aromatic rings. The Bertz CT molecular complexity index is 526. The van der Waals surface area contributed by atoms with Gasteiger partial charge in [-0.1, -0.05) is 30.3 Å². The van der Waals surface area contributed by atoms with Gasteiger partial charge in [-0.3, -0.25) is 4.68 Å². The van der Waals surface area contributed by atoms with E-state index in [0.29, 0.717) is 19.5 Å². The van der Waals surface area contributed by atoms with Gasteiger partial charge < -0.3 is 16.2 Å². The number of aliphatic hydroxyl groups is 1. The Morgan fingerprint density at radius 1 is 1.29 bits per heavy atom. The van der Waals surface area contributed by atoms with Crippen molar-refractivity contribution in [3.8, 4) is 0 Å². The highest BCUT2D eigenvalue weighted by atomic mass is 16.3. The Balaban J connectivity index is 1.72. The van der Waals surface area contributed by atoms with Crippen molar-refractivity contribution in [1.29, 1.82) is 0 Å². The third-order valence-corrected chi connectivity index (χ3v) is 3.50. The third-order valence-electron chi connectivity index (χ3n) is 3.50. The molecule has 0 spiro atoms. The smallest absolute Gasteiger partial charge is 0.0818 e. The van der Waals surface area contributed by atoms with Gasteiger partial charge in [-0.2, -0.15) is 5.10 Å². The van der Waals surface area contributed by atoms with Crippen LogP contribution in [0.15, 0.2) is 42.7 Å². The van der Waals surface area contributed by atoms with Gasteiger partial charge in [-0.15, -0.1) is 0 Å². The predicted octanol–water partition coefficient (Wildman–Crippen LogP) is 0.924. The summed E-state index contributed by atoms with van der Waals surface area (Å²) >= 11 is 0. The average molecular weight is 288 g/mol. The van der Waals surface area contributed by atoms with E-state index in [2.05, 4.69) is 17.3 Å². The van der Waals surface area contributed by atoms with Crippen LogP contribution in [0.1, 0.15) is 18.1 Å². The van der Waals surface area contributed by atoms with Gasteiger partial charge in [0.1, 0.15) is 0 Å². The summed E-state index contributed by atoms with van der Waals surface area (Å²) in [6.07, 6.45) is 3.96. The fourth-order valence-electron chi connectivity index (χ4n) is 2.21. The van der Waals surface area contributed by atoms with E-state index in [0.717, 1.165) is 17.7 Å². The molecule has 0 unspecified atom stereocenters. The van der Waals surface area contributed by atoms with E-state index in [1.807, 2.05) is 47.4 Å².